The van der Waals surface area contributed by atoms with Gasteiger partial charge < -0.3 is 4.42 Å². The van der Waals surface area contributed by atoms with Gasteiger partial charge in [-0.2, -0.15) is 0 Å². The number of rotatable bonds is 10. The van der Waals surface area contributed by atoms with Gasteiger partial charge in [0.15, 0.2) is 0 Å². The molecule has 0 radical (unpaired) electrons. The lowest BCUT2D eigenvalue weighted by Crippen LogP contribution is -2.04. The van der Waals surface area contributed by atoms with Gasteiger partial charge in [-0.15, -0.1) is 12.8 Å². The Bertz CT molecular complexity index is 422. The summed E-state index contributed by atoms with van der Waals surface area (Å²) in [7, 11) is 0. The fraction of sp³-hybridized carbons (Fsp3) is 0.652. The maximum Gasteiger partial charge on any atom is 0.111 e. The molecule has 0 aliphatic heterocycles. The third-order valence-corrected chi connectivity index (χ3v) is 3.96. The number of hydrogen-bond acceptors (Lipinski definition) is 1. The Kier molecular flexibility index (Phi) is 18.5. The summed E-state index contributed by atoms with van der Waals surface area (Å²) in [5.74, 6) is 3.12. The predicted octanol–water partition coefficient (Wildman–Crippen LogP) is 7.69. The largest absolute Gasteiger partial charge is 0.465 e. The third kappa shape index (κ3) is 10.4. The molecule has 0 aliphatic carbocycles. The number of hydrogen-bond donors (Lipinski definition) is 0. The molecule has 0 aliphatic rings. The molecule has 0 aromatic carbocycles. The average molecular weight is 333 g/mol. The highest BCUT2D eigenvalue weighted by molar-refractivity contribution is 5.51. The van der Waals surface area contributed by atoms with Gasteiger partial charge in [0.1, 0.15) is 11.5 Å². The number of aryl methyl sites for hydroxylation is 1. The second-order valence-corrected chi connectivity index (χ2v) is 5.80. The first-order valence-electron chi connectivity index (χ1n) is 9.82. The first kappa shape index (κ1) is 24.8. The lowest BCUT2D eigenvalue weighted by Gasteiger charge is -2.14. The highest BCUT2D eigenvalue weighted by Gasteiger charge is 2.13. The van der Waals surface area contributed by atoms with Crippen molar-refractivity contribution in [1.29, 1.82) is 0 Å². The minimum Gasteiger partial charge on any atom is -0.465 e. The van der Waals surface area contributed by atoms with Crippen molar-refractivity contribution < 1.29 is 4.42 Å². The summed E-state index contributed by atoms with van der Waals surface area (Å²) in [5, 5.41) is 0. The number of furan rings is 1. The van der Waals surface area contributed by atoms with Crippen molar-refractivity contribution in [3.63, 3.8) is 0 Å². The molecule has 0 spiro atoms. The van der Waals surface area contributed by atoms with Gasteiger partial charge in [0, 0.05) is 18.4 Å². The zero-order valence-corrected chi connectivity index (χ0v) is 17.0. The molecule has 0 bridgehead atoms. The fourth-order valence-electron chi connectivity index (χ4n) is 2.92. The fourth-order valence-corrected chi connectivity index (χ4v) is 2.92. The Balaban J connectivity index is 0. The normalized spacial score (nSPS) is 11.3. The third-order valence-electron chi connectivity index (χ3n) is 3.96. The summed E-state index contributed by atoms with van der Waals surface area (Å²) >= 11 is 0. The molecule has 1 aromatic rings. The van der Waals surface area contributed by atoms with Crippen molar-refractivity contribution in [3.05, 3.63) is 29.2 Å². The quantitative estimate of drug-likeness (QED) is 0.316. The lowest BCUT2D eigenvalue weighted by atomic mass is 9.92. The summed E-state index contributed by atoms with van der Waals surface area (Å²) in [5.41, 5.74) is 1.27. The van der Waals surface area contributed by atoms with Crippen LogP contribution in [0.5, 0.6) is 0 Å². The summed E-state index contributed by atoms with van der Waals surface area (Å²) in [6.45, 7) is 12.8. The van der Waals surface area contributed by atoms with Gasteiger partial charge in [0.2, 0.25) is 0 Å². The van der Waals surface area contributed by atoms with Gasteiger partial charge in [0.05, 0.1) is 0 Å². The van der Waals surface area contributed by atoms with E-state index in [1.54, 1.807) is 0 Å². The molecular formula is C23H40O. The zero-order valence-electron chi connectivity index (χ0n) is 17.0. The maximum absolute atomic E-state index is 6.05. The monoisotopic (exact) mass is 332 g/mol. The van der Waals surface area contributed by atoms with E-state index in [9.17, 15) is 0 Å². The summed E-state index contributed by atoms with van der Waals surface area (Å²) in [4.78, 5) is 0. The molecule has 1 nitrogen and oxygen atoms in total. The van der Waals surface area contributed by atoms with Gasteiger partial charge in [-0.05, 0) is 18.9 Å². The Morgan fingerprint density at radius 3 is 2.21 bits per heavy atom. The molecule has 138 valence electrons. The van der Waals surface area contributed by atoms with Gasteiger partial charge >= 0.3 is 0 Å². The molecule has 1 heteroatoms. The first-order chi connectivity index (χ1) is 11.7. The second-order valence-electron chi connectivity index (χ2n) is 5.80. The molecule has 0 saturated heterocycles. The molecule has 0 saturated carbocycles. The van der Waals surface area contributed by atoms with Crippen LogP contribution in [0.25, 0.3) is 6.08 Å². The number of unbranched alkanes of at least 4 members (excludes halogenated alkanes) is 2. The summed E-state index contributed by atoms with van der Waals surface area (Å²) in [6, 6.07) is 2.25. The molecular weight excluding hydrogens is 292 g/mol. The topological polar surface area (TPSA) is 13.1 Å². The van der Waals surface area contributed by atoms with Gasteiger partial charge in [-0.1, -0.05) is 85.3 Å². The van der Waals surface area contributed by atoms with Crippen LogP contribution in [0.4, 0.5) is 0 Å². The van der Waals surface area contributed by atoms with Gasteiger partial charge in [-0.25, -0.2) is 0 Å². The van der Waals surface area contributed by atoms with E-state index in [4.69, 9.17) is 4.42 Å². The van der Waals surface area contributed by atoms with Crippen LogP contribution in [0.1, 0.15) is 97.2 Å². The van der Waals surface area contributed by atoms with Crippen LogP contribution in [0.2, 0.25) is 0 Å². The van der Waals surface area contributed by atoms with Crippen LogP contribution in [0.3, 0.4) is 0 Å². The van der Waals surface area contributed by atoms with Crippen LogP contribution >= 0.6 is 0 Å². The van der Waals surface area contributed by atoms with Crippen LogP contribution in [-0.2, 0) is 12.8 Å². The maximum atomic E-state index is 6.05. The Morgan fingerprint density at radius 1 is 1.04 bits per heavy atom. The minimum atomic E-state index is 0.792. The smallest absolute Gasteiger partial charge is 0.111 e. The molecule has 1 heterocycles. The number of terminal acetylenes is 1. The van der Waals surface area contributed by atoms with Crippen molar-refractivity contribution in [3.8, 4) is 12.8 Å². The van der Waals surface area contributed by atoms with Crippen molar-refractivity contribution in [1.82, 2.24) is 0 Å². The van der Waals surface area contributed by atoms with Crippen molar-refractivity contribution in [2.45, 2.75) is 92.9 Å². The van der Waals surface area contributed by atoms with Gasteiger partial charge in [-0.3, -0.25) is 0 Å². The molecule has 0 N–H and O–H groups in total. The van der Waals surface area contributed by atoms with E-state index in [1.165, 1.54) is 49.8 Å². The van der Waals surface area contributed by atoms with E-state index in [1.807, 2.05) is 13.8 Å². The standard InChI is InChI=1S/C19H32O.C2H6.C2H2/c1-5-9-10-13-16(11-6-2)14-18-15-17(12-7-3)19(8-4)20-18;2*1-2/h7,12,15-16H,5-6,8-11,13-14H2,1-4H3;1-2H3;1-2H/b12-7-;;. The van der Waals surface area contributed by atoms with Crippen LogP contribution in [-0.4, -0.2) is 0 Å². The van der Waals surface area contributed by atoms with E-state index in [0.717, 1.165) is 24.5 Å². The molecule has 1 unspecified atom stereocenters. The van der Waals surface area contributed by atoms with Crippen LogP contribution in [0.15, 0.2) is 16.6 Å². The first-order valence-corrected chi connectivity index (χ1v) is 9.82. The van der Waals surface area contributed by atoms with E-state index in [0.29, 0.717) is 0 Å². The Hall–Kier alpha value is -1.42. The van der Waals surface area contributed by atoms with E-state index in [-0.39, 0.29) is 0 Å². The number of allylic oxidation sites excluding steroid dienone is 1. The van der Waals surface area contributed by atoms with Gasteiger partial charge in [0.25, 0.3) is 0 Å². The van der Waals surface area contributed by atoms with Crippen molar-refractivity contribution >= 4 is 6.08 Å². The molecule has 24 heavy (non-hydrogen) atoms. The zero-order chi connectivity index (χ0) is 18.8. The molecule has 1 rings (SSSR count). The second kappa shape index (κ2) is 17.9. The van der Waals surface area contributed by atoms with Crippen molar-refractivity contribution in [2.75, 3.05) is 0 Å². The Morgan fingerprint density at radius 2 is 1.71 bits per heavy atom. The van der Waals surface area contributed by atoms with E-state index >= 15 is 0 Å². The highest BCUT2D eigenvalue weighted by Crippen LogP contribution is 2.25. The van der Waals surface area contributed by atoms with E-state index in [2.05, 4.69) is 58.8 Å². The van der Waals surface area contributed by atoms with Crippen molar-refractivity contribution in [2.24, 2.45) is 5.92 Å². The lowest BCUT2D eigenvalue weighted by molar-refractivity contribution is 0.373. The summed E-state index contributed by atoms with van der Waals surface area (Å²) in [6.07, 6.45) is 22.3. The molecule has 1 atom stereocenters. The highest BCUT2D eigenvalue weighted by atomic mass is 16.3. The van der Waals surface area contributed by atoms with Crippen LogP contribution < -0.4 is 0 Å². The molecule has 0 amide bonds. The molecule has 1 aromatic heterocycles. The summed E-state index contributed by atoms with van der Waals surface area (Å²) < 4.78 is 6.05. The SMILES string of the molecule is C#C.C/C=C\c1cc(CC(CCC)CCCCC)oc1CC.CC. The Labute approximate surface area is 151 Å². The predicted molar refractivity (Wildman–Crippen MR) is 110 cm³/mol. The van der Waals surface area contributed by atoms with Crippen LogP contribution in [0, 0.1) is 18.8 Å². The molecule has 0 fully saturated rings. The van der Waals surface area contributed by atoms with E-state index < -0.39 is 0 Å². The minimum absolute atomic E-state index is 0.792. The average Bonchev–Trinajstić information content (AvgIpc) is 3.01.